The zero-order valence-electron chi connectivity index (χ0n) is 14.8. The number of hydrogen-bond acceptors (Lipinski definition) is 5. The van der Waals surface area contributed by atoms with Crippen LogP contribution in [0.4, 0.5) is 4.39 Å². The number of amides is 1. The molecule has 2 aromatic carbocycles. The number of nitrogens with zero attached hydrogens (tertiary/aromatic N) is 2. The Morgan fingerprint density at radius 2 is 2.00 bits per heavy atom. The van der Waals surface area contributed by atoms with Crippen molar-refractivity contribution in [3.05, 3.63) is 75.3 Å². The second-order valence-corrected chi connectivity index (χ2v) is 8.25. The molecule has 0 aromatic heterocycles. The number of thioether (sulfide) groups is 1. The minimum Gasteiger partial charge on any atom is -0.497 e. The smallest absolute Gasteiger partial charge is 0.255 e. The molecule has 4 rings (SSSR count). The van der Waals surface area contributed by atoms with Gasteiger partial charge in [-0.25, -0.2) is 9.40 Å². The highest BCUT2D eigenvalue weighted by Crippen LogP contribution is 2.33. The second-order valence-electron chi connectivity index (χ2n) is 6.00. The molecule has 0 radical (unpaired) electrons. The molecule has 2 heterocycles. The molecule has 2 aliphatic rings. The summed E-state index contributed by atoms with van der Waals surface area (Å²) in [7, 11) is 1.61. The molecule has 0 atom stereocenters. The fourth-order valence-electron chi connectivity index (χ4n) is 2.89. The summed E-state index contributed by atoms with van der Waals surface area (Å²) in [5, 5.41) is 10.0. The first-order valence-corrected chi connectivity index (χ1v) is 10.3. The molecule has 5 nitrogen and oxygen atoms in total. The molecular weight excluding hydrogens is 492 g/mol. The lowest BCUT2D eigenvalue weighted by Gasteiger charge is -2.31. The van der Waals surface area contributed by atoms with E-state index >= 15 is 0 Å². The number of carbonyl (C=O) groups excluding carboxylic acids is 1. The Hall–Kier alpha value is -2.33. The maximum Gasteiger partial charge on any atom is 0.255 e. The van der Waals surface area contributed by atoms with Crippen LogP contribution >= 0.6 is 34.4 Å². The average molecular weight is 507 g/mol. The molecule has 8 heteroatoms. The van der Waals surface area contributed by atoms with Gasteiger partial charge in [0.2, 0.25) is 0 Å². The van der Waals surface area contributed by atoms with E-state index in [1.165, 1.54) is 23.9 Å². The topological polar surface area (TPSA) is 53.9 Å². The number of carbonyl (C=O) groups is 1. The van der Waals surface area contributed by atoms with Crippen LogP contribution in [0.3, 0.4) is 0 Å². The van der Waals surface area contributed by atoms with Crippen LogP contribution in [-0.2, 0) is 4.79 Å². The summed E-state index contributed by atoms with van der Waals surface area (Å²) in [4.78, 5) is 13.5. The SMILES string of the molecule is COc1ccc(C2=C3C=CC(Sc4ccc(F)cc4)=NN3CNC2=O)c(I)c1. The van der Waals surface area contributed by atoms with Crippen molar-refractivity contribution in [3.8, 4) is 5.75 Å². The maximum atomic E-state index is 13.1. The number of hydrogen-bond donors (Lipinski definition) is 1. The Morgan fingerprint density at radius 1 is 1.21 bits per heavy atom. The monoisotopic (exact) mass is 507 g/mol. The highest BCUT2D eigenvalue weighted by molar-refractivity contribution is 14.1. The number of benzene rings is 2. The highest BCUT2D eigenvalue weighted by atomic mass is 127. The van der Waals surface area contributed by atoms with E-state index in [0.29, 0.717) is 12.2 Å². The first-order valence-electron chi connectivity index (χ1n) is 8.39. The number of hydrazone groups is 1. The van der Waals surface area contributed by atoms with Gasteiger partial charge in [0.1, 0.15) is 23.3 Å². The number of rotatable bonds is 3. The molecule has 0 fully saturated rings. The summed E-state index contributed by atoms with van der Waals surface area (Å²) in [6, 6.07) is 11.9. The van der Waals surface area contributed by atoms with Crippen LogP contribution in [0, 0.1) is 9.39 Å². The zero-order chi connectivity index (χ0) is 19.7. The third-order valence-electron chi connectivity index (χ3n) is 4.24. The number of allylic oxidation sites excluding steroid dienone is 1. The molecule has 1 N–H and O–H groups in total. The van der Waals surface area contributed by atoms with E-state index in [4.69, 9.17) is 4.74 Å². The Bertz CT molecular complexity index is 1030. The molecule has 0 unspecified atom stereocenters. The van der Waals surface area contributed by atoms with Gasteiger partial charge in [0.15, 0.2) is 0 Å². The van der Waals surface area contributed by atoms with Crippen LogP contribution in [0.5, 0.6) is 5.75 Å². The summed E-state index contributed by atoms with van der Waals surface area (Å²) in [6.07, 6.45) is 3.77. The number of fused-ring (bicyclic) bond motifs is 1. The van der Waals surface area contributed by atoms with E-state index in [-0.39, 0.29) is 11.7 Å². The lowest BCUT2D eigenvalue weighted by atomic mass is 10.0. The van der Waals surface area contributed by atoms with Gasteiger partial charge < -0.3 is 10.1 Å². The van der Waals surface area contributed by atoms with Crippen molar-refractivity contribution in [3.63, 3.8) is 0 Å². The van der Waals surface area contributed by atoms with Gasteiger partial charge in [-0.3, -0.25) is 4.79 Å². The van der Waals surface area contributed by atoms with Gasteiger partial charge in [0.05, 0.1) is 18.4 Å². The fourth-order valence-corrected chi connectivity index (χ4v) is 4.44. The fraction of sp³-hybridized carbons (Fsp3) is 0.100. The summed E-state index contributed by atoms with van der Waals surface area (Å²) in [6.45, 7) is 0.294. The van der Waals surface area contributed by atoms with Gasteiger partial charge >= 0.3 is 0 Å². The van der Waals surface area contributed by atoms with Crippen LogP contribution in [0.1, 0.15) is 5.56 Å². The lowest BCUT2D eigenvalue weighted by Crippen LogP contribution is -2.42. The van der Waals surface area contributed by atoms with Gasteiger partial charge in [-0.15, -0.1) is 0 Å². The third-order valence-corrected chi connectivity index (χ3v) is 6.06. The number of methoxy groups -OCH3 is 1. The molecule has 0 bridgehead atoms. The van der Waals surface area contributed by atoms with Crippen molar-refractivity contribution in [1.29, 1.82) is 0 Å². The van der Waals surface area contributed by atoms with Crippen LogP contribution in [0.25, 0.3) is 5.57 Å². The summed E-state index contributed by atoms with van der Waals surface area (Å²) in [5.74, 6) is 0.332. The molecular formula is C20H15FIN3O2S. The summed E-state index contributed by atoms with van der Waals surface area (Å²) < 4.78 is 19.3. The van der Waals surface area contributed by atoms with Crippen molar-refractivity contribution >= 4 is 50.9 Å². The van der Waals surface area contributed by atoms with Crippen LogP contribution in [-0.4, -0.2) is 29.7 Å². The summed E-state index contributed by atoms with van der Waals surface area (Å²) in [5.41, 5.74) is 2.15. The largest absolute Gasteiger partial charge is 0.497 e. The standard InChI is InChI=1S/C20H15FIN3O2S/c1-27-13-4-7-15(16(22)10-13)19-17-8-9-18(24-25(17)11-23-20(19)26)28-14-5-2-12(21)3-6-14/h2-10H,11H2,1H3,(H,23,26). The van der Waals surface area contributed by atoms with E-state index in [2.05, 4.69) is 33.0 Å². The Kier molecular flexibility index (Phi) is 5.40. The average Bonchev–Trinajstić information content (AvgIpc) is 2.70. The normalized spacial score (nSPS) is 15.9. The molecule has 1 amide bonds. The maximum absolute atomic E-state index is 13.1. The van der Waals surface area contributed by atoms with E-state index in [0.717, 1.165) is 30.5 Å². The van der Waals surface area contributed by atoms with Gasteiger partial charge in [-0.2, -0.15) is 5.10 Å². The van der Waals surface area contributed by atoms with Crippen molar-refractivity contribution in [2.75, 3.05) is 13.8 Å². The molecule has 142 valence electrons. The van der Waals surface area contributed by atoms with Crippen molar-refractivity contribution in [2.45, 2.75) is 4.90 Å². The summed E-state index contributed by atoms with van der Waals surface area (Å²) >= 11 is 3.64. The number of halogens is 2. The molecule has 2 aromatic rings. The van der Waals surface area contributed by atoms with Crippen molar-refractivity contribution in [2.24, 2.45) is 5.10 Å². The predicted molar refractivity (Wildman–Crippen MR) is 116 cm³/mol. The van der Waals surface area contributed by atoms with E-state index in [9.17, 15) is 9.18 Å². The van der Waals surface area contributed by atoms with Gasteiger partial charge in [-0.1, -0.05) is 11.8 Å². The van der Waals surface area contributed by atoms with E-state index < -0.39 is 0 Å². The molecule has 0 spiro atoms. The quantitative estimate of drug-likeness (QED) is 0.633. The van der Waals surface area contributed by atoms with Crippen LogP contribution in [0.2, 0.25) is 0 Å². The van der Waals surface area contributed by atoms with Gasteiger partial charge in [0, 0.05) is 14.0 Å². The van der Waals surface area contributed by atoms with Crippen LogP contribution < -0.4 is 10.1 Å². The molecule has 0 saturated carbocycles. The van der Waals surface area contributed by atoms with Crippen LogP contribution in [0.15, 0.2) is 70.3 Å². The third kappa shape index (κ3) is 3.79. The minimum absolute atomic E-state index is 0.135. The predicted octanol–water partition coefficient (Wildman–Crippen LogP) is 4.21. The first-order chi connectivity index (χ1) is 13.5. The van der Waals surface area contributed by atoms with E-state index in [1.54, 1.807) is 24.3 Å². The highest BCUT2D eigenvalue weighted by Gasteiger charge is 2.29. The zero-order valence-corrected chi connectivity index (χ0v) is 17.8. The lowest BCUT2D eigenvalue weighted by molar-refractivity contribution is -0.116. The Morgan fingerprint density at radius 3 is 2.71 bits per heavy atom. The molecule has 2 aliphatic heterocycles. The van der Waals surface area contributed by atoms with Crippen molar-refractivity contribution in [1.82, 2.24) is 10.3 Å². The van der Waals surface area contributed by atoms with E-state index in [1.807, 2.05) is 30.4 Å². The Balaban J connectivity index is 1.67. The number of nitrogens with one attached hydrogen (secondary N) is 1. The second kappa shape index (κ2) is 7.96. The first kappa shape index (κ1) is 19.0. The minimum atomic E-state index is -0.270. The molecule has 0 aliphatic carbocycles. The van der Waals surface area contributed by atoms with Gasteiger partial charge in [0.25, 0.3) is 5.91 Å². The Labute approximate surface area is 179 Å². The molecule has 0 saturated heterocycles. The van der Waals surface area contributed by atoms with Crippen molar-refractivity contribution < 1.29 is 13.9 Å². The molecule has 28 heavy (non-hydrogen) atoms. The van der Waals surface area contributed by atoms with Gasteiger partial charge in [-0.05, 0) is 77.2 Å². The number of ether oxygens (including phenoxy) is 1.